The van der Waals surface area contributed by atoms with Gasteiger partial charge in [-0.05, 0) is 54.7 Å². The number of rotatable bonds is 5. The maximum Gasteiger partial charge on any atom is 0.257 e. The molecule has 1 amide bonds. The first kappa shape index (κ1) is 22.8. The number of methoxy groups -OCH3 is 2. The number of ether oxygens (including phenoxy) is 2. The highest BCUT2D eigenvalue weighted by Gasteiger charge is 2.16. The number of hydrogen-bond donors (Lipinski definition) is 3. The van der Waals surface area contributed by atoms with Gasteiger partial charge in [0.1, 0.15) is 11.6 Å². The number of nitrogens with zero attached hydrogens (tertiary/aromatic N) is 1. The second kappa shape index (κ2) is 9.66. The van der Waals surface area contributed by atoms with Crippen LogP contribution in [0, 0.1) is 0 Å². The molecule has 0 radical (unpaired) electrons. The number of carbonyl (C=O) groups excluding carboxylic acids is 1. The van der Waals surface area contributed by atoms with Crippen molar-refractivity contribution in [2.24, 2.45) is 0 Å². The van der Waals surface area contributed by atoms with Crippen molar-refractivity contribution in [1.82, 2.24) is 15.3 Å². The van der Waals surface area contributed by atoms with Gasteiger partial charge < -0.3 is 19.8 Å². The fourth-order valence-corrected chi connectivity index (χ4v) is 4.10. The number of hydrogen-bond acceptors (Lipinski definition) is 5. The monoisotopic (exact) mass is 500 g/mol. The highest BCUT2D eigenvalue weighted by atomic mass is 35.5. The Hall–Kier alpha value is -3.33. The van der Waals surface area contributed by atoms with Gasteiger partial charge in [0.25, 0.3) is 5.91 Å². The third-order valence-electron chi connectivity index (χ3n) is 4.80. The van der Waals surface area contributed by atoms with Crippen LogP contribution >= 0.6 is 35.4 Å². The molecule has 4 rings (SSSR count). The van der Waals surface area contributed by atoms with Gasteiger partial charge in [0.05, 0.1) is 41.0 Å². The molecule has 1 aromatic heterocycles. The molecule has 33 heavy (non-hydrogen) atoms. The molecule has 0 saturated carbocycles. The number of thiocarbonyl (C=S) groups is 1. The molecule has 0 bridgehead atoms. The number of aromatic amines is 1. The fraction of sp³-hybridized carbons (Fsp3) is 0.0870. The summed E-state index contributed by atoms with van der Waals surface area (Å²) in [5.41, 5.74) is 3.40. The van der Waals surface area contributed by atoms with E-state index in [9.17, 15) is 4.79 Å². The van der Waals surface area contributed by atoms with Crippen molar-refractivity contribution in [3.63, 3.8) is 0 Å². The minimum absolute atomic E-state index is 0.0723. The van der Waals surface area contributed by atoms with Crippen LogP contribution in [0.25, 0.3) is 22.4 Å². The van der Waals surface area contributed by atoms with E-state index in [1.165, 1.54) is 19.2 Å². The highest BCUT2D eigenvalue weighted by Crippen LogP contribution is 2.34. The molecule has 0 saturated heterocycles. The lowest BCUT2D eigenvalue weighted by Gasteiger charge is -2.14. The van der Waals surface area contributed by atoms with E-state index in [-0.39, 0.29) is 20.7 Å². The van der Waals surface area contributed by atoms with Crippen molar-refractivity contribution in [2.75, 3.05) is 19.5 Å². The van der Waals surface area contributed by atoms with Crippen LogP contribution in [-0.2, 0) is 0 Å². The zero-order valence-electron chi connectivity index (χ0n) is 17.5. The summed E-state index contributed by atoms with van der Waals surface area (Å²) in [5.74, 6) is 1.05. The van der Waals surface area contributed by atoms with E-state index < -0.39 is 5.91 Å². The lowest BCUT2D eigenvalue weighted by Crippen LogP contribution is -2.34. The van der Waals surface area contributed by atoms with Gasteiger partial charge in [-0.25, -0.2) is 4.98 Å². The zero-order chi connectivity index (χ0) is 23.5. The molecule has 10 heteroatoms. The number of nitrogens with one attached hydrogen (secondary N) is 3. The molecule has 3 N–H and O–H groups in total. The van der Waals surface area contributed by atoms with Crippen molar-refractivity contribution in [3.8, 4) is 22.9 Å². The van der Waals surface area contributed by atoms with E-state index in [1.54, 1.807) is 13.2 Å². The maximum absolute atomic E-state index is 12.6. The molecule has 0 fully saturated rings. The Morgan fingerprint density at radius 3 is 2.42 bits per heavy atom. The lowest BCUT2D eigenvalue weighted by atomic mass is 10.1. The fourth-order valence-electron chi connectivity index (χ4n) is 3.26. The van der Waals surface area contributed by atoms with Crippen molar-refractivity contribution in [1.29, 1.82) is 0 Å². The van der Waals surface area contributed by atoms with Crippen molar-refractivity contribution in [2.45, 2.75) is 0 Å². The molecular formula is C23H18Cl2N4O3S. The number of benzene rings is 3. The SMILES string of the molecule is COc1ccc(-c2nc3ccccc3[nH]2)cc1NC(=S)NC(=O)c1cc(Cl)c(OC)c(Cl)c1. The van der Waals surface area contributed by atoms with Crippen LogP contribution in [-0.4, -0.2) is 35.2 Å². The summed E-state index contributed by atoms with van der Waals surface area (Å²) >= 11 is 17.6. The number of fused-ring (bicyclic) bond motifs is 1. The normalized spacial score (nSPS) is 10.7. The predicted octanol–water partition coefficient (Wildman–Crippen LogP) is 5.68. The van der Waals surface area contributed by atoms with Gasteiger partial charge in [-0.15, -0.1) is 0 Å². The van der Waals surface area contributed by atoms with Crippen LogP contribution in [0.4, 0.5) is 5.69 Å². The second-order valence-corrected chi connectivity index (χ2v) is 8.12. The summed E-state index contributed by atoms with van der Waals surface area (Å²) in [6, 6.07) is 16.2. The van der Waals surface area contributed by atoms with E-state index in [0.29, 0.717) is 23.0 Å². The van der Waals surface area contributed by atoms with Crippen molar-refractivity contribution < 1.29 is 14.3 Å². The standard InChI is InChI=1S/C23H18Cl2N4O3S/c1-31-19-8-7-12(21-26-16-5-3-4-6-17(16)27-21)11-18(19)28-23(33)29-22(30)13-9-14(24)20(32-2)15(25)10-13/h3-11H,1-2H3,(H,26,27)(H2,28,29,30,33). The quantitative estimate of drug-likeness (QED) is 0.305. The minimum atomic E-state index is -0.480. The Kier molecular flexibility index (Phi) is 6.69. The van der Waals surface area contributed by atoms with Gasteiger partial charge in [0, 0.05) is 11.1 Å². The van der Waals surface area contributed by atoms with Crippen molar-refractivity contribution >= 4 is 63.2 Å². The van der Waals surface area contributed by atoms with E-state index in [2.05, 4.69) is 20.6 Å². The zero-order valence-corrected chi connectivity index (χ0v) is 19.9. The molecule has 168 valence electrons. The molecule has 0 atom stereocenters. The molecule has 0 aliphatic carbocycles. The summed E-state index contributed by atoms with van der Waals surface area (Å²) in [4.78, 5) is 20.6. The Morgan fingerprint density at radius 2 is 1.76 bits per heavy atom. The molecule has 0 aliphatic heterocycles. The average molecular weight is 501 g/mol. The third-order valence-corrected chi connectivity index (χ3v) is 5.57. The lowest BCUT2D eigenvalue weighted by molar-refractivity contribution is 0.0977. The summed E-state index contributed by atoms with van der Waals surface area (Å²) in [6.07, 6.45) is 0. The molecule has 0 spiro atoms. The number of carbonyl (C=O) groups is 1. The summed E-state index contributed by atoms with van der Waals surface area (Å²) in [5, 5.41) is 6.12. The topological polar surface area (TPSA) is 88.3 Å². The second-order valence-electron chi connectivity index (χ2n) is 6.90. The smallest absolute Gasteiger partial charge is 0.257 e. The predicted molar refractivity (Wildman–Crippen MR) is 135 cm³/mol. The summed E-state index contributed by atoms with van der Waals surface area (Å²) in [7, 11) is 2.99. The van der Waals surface area contributed by atoms with Crippen LogP contribution in [0.5, 0.6) is 11.5 Å². The Bertz CT molecular complexity index is 1320. The van der Waals surface area contributed by atoms with Crippen LogP contribution in [0.2, 0.25) is 10.0 Å². The van der Waals surface area contributed by atoms with E-state index in [0.717, 1.165) is 16.6 Å². The molecule has 0 aliphatic rings. The van der Waals surface area contributed by atoms with E-state index in [1.807, 2.05) is 36.4 Å². The Morgan fingerprint density at radius 1 is 1.03 bits per heavy atom. The number of halogens is 2. The number of aromatic nitrogens is 2. The number of imidazole rings is 1. The number of amides is 1. The first-order chi connectivity index (χ1) is 15.9. The van der Waals surface area contributed by atoms with Gasteiger partial charge in [0.15, 0.2) is 10.9 Å². The van der Waals surface area contributed by atoms with Crippen LogP contribution in [0.1, 0.15) is 10.4 Å². The van der Waals surface area contributed by atoms with E-state index in [4.69, 9.17) is 44.9 Å². The molecule has 3 aromatic carbocycles. The molecule has 4 aromatic rings. The van der Waals surface area contributed by atoms with Gasteiger partial charge in [-0.2, -0.15) is 0 Å². The largest absolute Gasteiger partial charge is 0.495 e. The Labute approximate surface area is 205 Å². The van der Waals surface area contributed by atoms with Crippen LogP contribution in [0.3, 0.4) is 0 Å². The first-order valence-corrected chi connectivity index (χ1v) is 10.8. The van der Waals surface area contributed by atoms with Crippen LogP contribution < -0.4 is 20.1 Å². The maximum atomic E-state index is 12.6. The first-order valence-electron chi connectivity index (χ1n) is 9.68. The van der Waals surface area contributed by atoms with Gasteiger partial charge >= 0.3 is 0 Å². The third kappa shape index (κ3) is 4.88. The Balaban J connectivity index is 1.55. The number of anilines is 1. The molecular weight excluding hydrogens is 483 g/mol. The van der Waals surface area contributed by atoms with E-state index >= 15 is 0 Å². The summed E-state index contributed by atoms with van der Waals surface area (Å²) < 4.78 is 10.5. The number of para-hydroxylation sites is 2. The van der Waals surface area contributed by atoms with Crippen LogP contribution in [0.15, 0.2) is 54.6 Å². The minimum Gasteiger partial charge on any atom is -0.495 e. The summed E-state index contributed by atoms with van der Waals surface area (Å²) in [6.45, 7) is 0. The van der Waals surface area contributed by atoms with Gasteiger partial charge in [-0.3, -0.25) is 10.1 Å². The molecule has 0 unspecified atom stereocenters. The highest BCUT2D eigenvalue weighted by molar-refractivity contribution is 7.80. The van der Waals surface area contributed by atoms with Crippen molar-refractivity contribution in [3.05, 3.63) is 70.2 Å². The van der Waals surface area contributed by atoms with Gasteiger partial charge in [0.2, 0.25) is 0 Å². The molecule has 1 heterocycles. The van der Waals surface area contributed by atoms with Gasteiger partial charge in [-0.1, -0.05) is 35.3 Å². The molecule has 7 nitrogen and oxygen atoms in total. The number of H-pyrrole nitrogens is 1. The average Bonchev–Trinajstić information content (AvgIpc) is 3.23.